The lowest BCUT2D eigenvalue weighted by molar-refractivity contribution is -0.136. The van der Waals surface area contributed by atoms with Gasteiger partial charge in [-0.05, 0) is 54.3 Å². The highest BCUT2D eigenvalue weighted by Crippen LogP contribution is 2.38. The van der Waals surface area contributed by atoms with E-state index in [0.29, 0.717) is 12.1 Å². The Labute approximate surface area is 240 Å². The fourth-order valence-corrected chi connectivity index (χ4v) is 5.71. The van der Waals surface area contributed by atoms with Gasteiger partial charge in [-0.25, -0.2) is 9.78 Å². The summed E-state index contributed by atoms with van der Waals surface area (Å²) >= 11 is 0. The minimum Gasteiger partial charge on any atom is -0.308 e. The number of urea groups is 1. The molecule has 6 nitrogen and oxygen atoms in total. The maximum atomic E-state index is 14.1. The average molecular weight is 569 g/mol. The van der Waals surface area contributed by atoms with E-state index in [1.807, 2.05) is 85.8 Å². The van der Waals surface area contributed by atoms with E-state index in [9.17, 15) is 22.8 Å². The second-order valence-corrected chi connectivity index (χ2v) is 10.3. The fraction of sp³-hybridized carbons (Fsp3) is 0.182. The predicted octanol–water partition coefficient (Wildman–Crippen LogP) is 7.82. The van der Waals surface area contributed by atoms with E-state index in [2.05, 4.69) is 10.3 Å². The van der Waals surface area contributed by atoms with Crippen LogP contribution in [0.4, 0.5) is 23.7 Å². The van der Waals surface area contributed by atoms with E-state index in [1.165, 1.54) is 16.7 Å². The first-order valence-corrected chi connectivity index (χ1v) is 13.6. The van der Waals surface area contributed by atoms with E-state index >= 15 is 0 Å². The third-order valence-corrected chi connectivity index (χ3v) is 7.73. The molecule has 212 valence electrons. The Bertz CT molecular complexity index is 1820. The number of anilines is 1. The monoisotopic (exact) mass is 568 g/mol. The summed E-state index contributed by atoms with van der Waals surface area (Å²) in [5.74, 6) is 0.266. The topological polar surface area (TPSA) is 67.2 Å². The van der Waals surface area contributed by atoms with E-state index in [4.69, 9.17) is 0 Å². The van der Waals surface area contributed by atoms with Crippen LogP contribution in [-0.2, 0) is 12.7 Å². The molecule has 2 atom stereocenters. The lowest BCUT2D eigenvalue weighted by Gasteiger charge is -2.34. The van der Waals surface area contributed by atoms with Gasteiger partial charge >= 0.3 is 12.2 Å². The molecule has 9 heteroatoms. The molecule has 2 amide bonds. The number of nitrogens with one attached hydrogen (secondary N) is 1. The zero-order valence-corrected chi connectivity index (χ0v) is 22.7. The Kier molecular flexibility index (Phi) is 7.02. The van der Waals surface area contributed by atoms with Crippen LogP contribution in [-0.4, -0.2) is 20.5 Å². The minimum atomic E-state index is -4.70. The molecule has 0 radical (unpaired) electrons. The Morgan fingerprint density at radius 1 is 0.929 bits per heavy atom. The molecule has 42 heavy (non-hydrogen) atoms. The van der Waals surface area contributed by atoms with Crippen LogP contribution >= 0.6 is 0 Å². The number of rotatable bonds is 5. The summed E-state index contributed by atoms with van der Waals surface area (Å²) in [5, 5.41) is 2.56. The highest BCUT2D eigenvalue weighted by atomic mass is 19.4. The van der Waals surface area contributed by atoms with Gasteiger partial charge in [-0.15, -0.1) is 0 Å². The standard InChI is InChI=1S/C33H27F3N4O2/c1-21(22-10-4-2-5-11-22)40(32(42)37-25-15-8-14-24(20-25)23-12-6-3-7-13-23)28-18-19-39-30(28)38-27-17-9-16-26(33(34,35)36)29(27)31(39)41/h2-17,20-21,28H,18-19H2,1H3,(H,37,42)/t21-,28?/m0/s1. The summed E-state index contributed by atoms with van der Waals surface area (Å²) in [4.78, 5) is 33.7. The van der Waals surface area contributed by atoms with Crippen molar-refractivity contribution in [1.82, 2.24) is 14.5 Å². The molecule has 1 unspecified atom stereocenters. The van der Waals surface area contributed by atoms with Crippen LogP contribution in [0.5, 0.6) is 0 Å². The van der Waals surface area contributed by atoms with Crippen molar-refractivity contribution in [1.29, 1.82) is 0 Å². The first kappa shape index (κ1) is 27.3. The van der Waals surface area contributed by atoms with Gasteiger partial charge in [0.25, 0.3) is 5.56 Å². The molecule has 0 aliphatic carbocycles. The molecule has 5 aromatic rings. The van der Waals surface area contributed by atoms with Crippen LogP contribution in [0.15, 0.2) is 108 Å². The summed E-state index contributed by atoms with van der Waals surface area (Å²) in [5.41, 5.74) is 1.57. The number of carbonyl (C=O) groups excluding carboxylic acids is 1. The van der Waals surface area contributed by atoms with Crippen molar-refractivity contribution >= 4 is 22.6 Å². The van der Waals surface area contributed by atoms with Crippen LogP contribution in [0, 0.1) is 0 Å². The quantitative estimate of drug-likeness (QED) is 0.235. The fourth-order valence-electron chi connectivity index (χ4n) is 5.71. The number of nitrogens with zero attached hydrogens (tertiary/aromatic N) is 3. The van der Waals surface area contributed by atoms with Crippen molar-refractivity contribution in [3.63, 3.8) is 0 Å². The van der Waals surface area contributed by atoms with E-state index in [1.54, 1.807) is 11.0 Å². The lowest BCUT2D eigenvalue weighted by atomic mass is 10.0. The number of hydrogen-bond donors (Lipinski definition) is 1. The van der Waals surface area contributed by atoms with Crippen molar-refractivity contribution < 1.29 is 18.0 Å². The zero-order chi connectivity index (χ0) is 29.4. The maximum absolute atomic E-state index is 14.1. The third kappa shape index (κ3) is 5.02. The summed E-state index contributed by atoms with van der Waals surface area (Å²) < 4.78 is 42.6. The number of carbonyl (C=O) groups is 1. The lowest BCUT2D eigenvalue weighted by Crippen LogP contribution is -2.40. The normalized spacial score (nSPS) is 15.3. The first-order valence-electron chi connectivity index (χ1n) is 13.6. The number of hydrogen-bond acceptors (Lipinski definition) is 3. The molecule has 1 N–H and O–H groups in total. The number of alkyl halides is 3. The SMILES string of the molecule is C[C@@H](c1ccccc1)N(C(=O)Nc1cccc(-c2ccccc2)c1)C1CCn2c1nc1cccc(C(F)(F)F)c1c2=O. The van der Waals surface area contributed by atoms with Gasteiger partial charge in [-0.2, -0.15) is 13.2 Å². The van der Waals surface area contributed by atoms with E-state index in [-0.39, 0.29) is 17.9 Å². The molecule has 6 rings (SSSR count). The molecule has 2 heterocycles. The molecule has 0 bridgehead atoms. The third-order valence-electron chi connectivity index (χ3n) is 7.73. The molecule has 0 saturated heterocycles. The van der Waals surface area contributed by atoms with Crippen molar-refractivity contribution in [2.24, 2.45) is 0 Å². The Morgan fingerprint density at radius 2 is 1.60 bits per heavy atom. The van der Waals surface area contributed by atoms with E-state index in [0.717, 1.165) is 22.8 Å². The number of aromatic nitrogens is 2. The van der Waals surface area contributed by atoms with Gasteiger partial charge in [0.1, 0.15) is 5.82 Å². The van der Waals surface area contributed by atoms with Gasteiger partial charge in [-0.3, -0.25) is 9.36 Å². The van der Waals surface area contributed by atoms with Gasteiger partial charge in [0.05, 0.1) is 28.6 Å². The molecular formula is C33H27F3N4O2. The van der Waals surface area contributed by atoms with Gasteiger partial charge in [-0.1, -0.05) is 78.9 Å². The predicted molar refractivity (Wildman–Crippen MR) is 156 cm³/mol. The van der Waals surface area contributed by atoms with Crippen LogP contribution in [0.1, 0.15) is 42.4 Å². The van der Waals surface area contributed by atoms with Crippen LogP contribution in [0.3, 0.4) is 0 Å². The number of amides is 2. The van der Waals surface area contributed by atoms with E-state index < -0.39 is 40.8 Å². The van der Waals surface area contributed by atoms with Crippen molar-refractivity contribution in [2.45, 2.75) is 38.1 Å². The maximum Gasteiger partial charge on any atom is 0.417 e. The summed E-state index contributed by atoms with van der Waals surface area (Å²) in [6.07, 6.45) is -4.37. The smallest absolute Gasteiger partial charge is 0.308 e. The van der Waals surface area contributed by atoms with Crippen molar-refractivity contribution in [2.75, 3.05) is 5.32 Å². The van der Waals surface area contributed by atoms with Crippen LogP contribution < -0.4 is 10.9 Å². The average Bonchev–Trinajstić information content (AvgIpc) is 3.41. The minimum absolute atomic E-state index is 0.0451. The van der Waals surface area contributed by atoms with Crippen molar-refractivity contribution in [3.8, 4) is 11.1 Å². The Hall–Kier alpha value is -4.92. The highest BCUT2D eigenvalue weighted by Gasteiger charge is 2.39. The summed E-state index contributed by atoms with van der Waals surface area (Å²) in [6.45, 7) is 2.03. The molecule has 1 aliphatic rings. The molecular weight excluding hydrogens is 541 g/mol. The van der Waals surface area contributed by atoms with Crippen LogP contribution in [0.25, 0.3) is 22.0 Å². The molecule has 1 aliphatic heterocycles. The number of halogens is 3. The summed E-state index contributed by atoms with van der Waals surface area (Å²) in [7, 11) is 0. The van der Waals surface area contributed by atoms with Gasteiger partial charge < -0.3 is 10.2 Å². The molecule has 4 aromatic carbocycles. The molecule has 1 aromatic heterocycles. The highest BCUT2D eigenvalue weighted by molar-refractivity contribution is 5.91. The van der Waals surface area contributed by atoms with Gasteiger partial charge in [0.15, 0.2) is 0 Å². The molecule has 0 spiro atoms. The Balaban J connectivity index is 1.41. The largest absolute Gasteiger partial charge is 0.417 e. The molecule has 0 saturated carbocycles. The molecule has 0 fully saturated rings. The number of fused-ring (bicyclic) bond motifs is 2. The van der Waals surface area contributed by atoms with Gasteiger partial charge in [0, 0.05) is 12.2 Å². The Morgan fingerprint density at radius 3 is 2.31 bits per heavy atom. The second kappa shape index (κ2) is 10.8. The zero-order valence-electron chi connectivity index (χ0n) is 22.7. The van der Waals surface area contributed by atoms with Crippen LogP contribution in [0.2, 0.25) is 0 Å². The van der Waals surface area contributed by atoms with Crippen molar-refractivity contribution in [3.05, 3.63) is 130 Å². The van der Waals surface area contributed by atoms with Gasteiger partial charge in [0.2, 0.25) is 0 Å². The first-order chi connectivity index (χ1) is 20.2. The second-order valence-electron chi connectivity index (χ2n) is 10.3. The number of benzene rings is 4. The summed E-state index contributed by atoms with van der Waals surface area (Å²) in [6, 6.07) is 28.8.